The predicted molar refractivity (Wildman–Crippen MR) is 97.3 cm³/mol. The van der Waals surface area contributed by atoms with Gasteiger partial charge in [0.25, 0.3) is 0 Å². The van der Waals surface area contributed by atoms with Crippen LogP contribution in [0.15, 0.2) is 0 Å². The average molecular weight is 347 g/mol. The molecule has 1 aromatic rings. The van der Waals surface area contributed by atoms with Gasteiger partial charge in [0.2, 0.25) is 5.91 Å². The molecule has 0 spiro atoms. The van der Waals surface area contributed by atoms with Gasteiger partial charge >= 0.3 is 0 Å². The Bertz CT molecular complexity index is 663. The summed E-state index contributed by atoms with van der Waals surface area (Å²) in [5.41, 5.74) is 2.03. The van der Waals surface area contributed by atoms with Gasteiger partial charge in [0.1, 0.15) is 11.1 Å². The number of likely N-dealkylation sites (tertiary alicyclic amines) is 1. The number of carbonyl (C=O) groups is 1. The molecule has 1 saturated heterocycles. The number of hydrogen-bond acceptors (Lipinski definition) is 5. The van der Waals surface area contributed by atoms with Crippen LogP contribution in [-0.4, -0.2) is 44.0 Å². The Hall–Kier alpha value is -1.58. The van der Waals surface area contributed by atoms with Crippen molar-refractivity contribution in [2.45, 2.75) is 38.6 Å². The Kier molecular flexibility index (Phi) is 5.12. The second kappa shape index (κ2) is 7.12. The van der Waals surface area contributed by atoms with Gasteiger partial charge in [0.05, 0.1) is 11.5 Å². The van der Waals surface area contributed by atoms with Crippen LogP contribution >= 0.6 is 11.3 Å². The zero-order valence-electron chi connectivity index (χ0n) is 14.7. The number of hydrogen-bond donors (Lipinski definition) is 2. The Morgan fingerprint density at radius 2 is 2.25 bits per heavy atom. The summed E-state index contributed by atoms with van der Waals surface area (Å²) in [6.07, 6.45) is 3.82. The summed E-state index contributed by atoms with van der Waals surface area (Å²) in [5.74, 6) is 0.715. The van der Waals surface area contributed by atoms with Crippen LogP contribution in [0, 0.1) is 23.2 Å². The normalized spacial score (nSPS) is 26.2. The summed E-state index contributed by atoms with van der Waals surface area (Å²) >= 11 is 1.72. The first-order chi connectivity index (χ1) is 11.6. The average Bonchev–Trinajstić information content (AvgIpc) is 2.94. The largest absolute Gasteiger partial charge is 0.379 e. The van der Waals surface area contributed by atoms with E-state index in [9.17, 15) is 10.1 Å². The molecule has 3 atom stereocenters. The molecule has 0 saturated carbocycles. The number of anilines is 1. The summed E-state index contributed by atoms with van der Waals surface area (Å²) in [5, 5.41) is 16.7. The maximum absolute atomic E-state index is 12.4. The van der Waals surface area contributed by atoms with E-state index in [1.807, 2.05) is 7.05 Å². The van der Waals surface area contributed by atoms with E-state index in [4.69, 9.17) is 0 Å². The summed E-state index contributed by atoms with van der Waals surface area (Å²) < 4.78 is 0. The topological polar surface area (TPSA) is 68.2 Å². The van der Waals surface area contributed by atoms with E-state index in [1.165, 1.54) is 10.4 Å². The highest BCUT2D eigenvalue weighted by atomic mass is 32.1. The fourth-order valence-corrected chi connectivity index (χ4v) is 5.39. The number of fused-ring (bicyclic) bond motifs is 2. The molecule has 3 rings (SSSR count). The smallest absolute Gasteiger partial charge is 0.224 e. The highest BCUT2D eigenvalue weighted by Gasteiger charge is 2.41. The van der Waals surface area contributed by atoms with Crippen molar-refractivity contribution in [1.29, 1.82) is 5.26 Å². The molecule has 0 bridgehead atoms. The lowest BCUT2D eigenvalue weighted by Gasteiger charge is -2.45. The van der Waals surface area contributed by atoms with Crippen molar-refractivity contribution in [2.24, 2.45) is 11.8 Å². The lowest BCUT2D eigenvalue weighted by molar-refractivity contribution is -0.128. The number of nitriles is 1. The molecule has 2 aliphatic rings. The number of nitrogens with one attached hydrogen (secondary N) is 2. The fraction of sp³-hybridized carbons (Fsp3) is 0.667. The Morgan fingerprint density at radius 3 is 2.92 bits per heavy atom. The van der Waals surface area contributed by atoms with Crippen LogP contribution < -0.4 is 10.6 Å². The molecule has 1 aromatic heterocycles. The minimum atomic E-state index is 0.0669. The van der Waals surface area contributed by atoms with Gasteiger partial charge in [0, 0.05) is 31.1 Å². The minimum absolute atomic E-state index is 0.0669. The van der Waals surface area contributed by atoms with Crippen molar-refractivity contribution < 1.29 is 4.79 Å². The van der Waals surface area contributed by atoms with Gasteiger partial charge in [0.15, 0.2) is 0 Å². The van der Waals surface area contributed by atoms with Crippen LogP contribution in [0.25, 0.3) is 0 Å². The molecule has 1 aliphatic heterocycles. The highest BCUT2D eigenvalue weighted by molar-refractivity contribution is 7.16. The molecule has 0 unspecified atom stereocenters. The summed E-state index contributed by atoms with van der Waals surface area (Å²) in [6, 6.07) is 2.87. The molecule has 2 N–H and O–H groups in total. The third kappa shape index (κ3) is 3.03. The second-order valence-electron chi connectivity index (χ2n) is 6.97. The molecule has 0 radical (unpaired) electrons. The first-order valence-electron chi connectivity index (χ1n) is 8.79. The number of nitrogens with zero attached hydrogens (tertiary/aromatic N) is 2. The van der Waals surface area contributed by atoms with Gasteiger partial charge in [-0.25, -0.2) is 0 Å². The van der Waals surface area contributed by atoms with E-state index in [2.05, 4.69) is 35.6 Å². The fourth-order valence-electron chi connectivity index (χ4n) is 4.20. The molecule has 2 heterocycles. The first-order valence-corrected chi connectivity index (χ1v) is 9.61. The molecule has 1 fully saturated rings. The molecule has 6 heteroatoms. The van der Waals surface area contributed by atoms with Gasteiger partial charge < -0.3 is 15.5 Å². The lowest BCUT2D eigenvalue weighted by atomic mass is 9.74. The maximum atomic E-state index is 12.4. The van der Waals surface area contributed by atoms with Crippen molar-refractivity contribution in [3.8, 4) is 6.07 Å². The Morgan fingerprint density at radius 1 is 1.46 bits per heavy atom. The summed E-state index contributed by atoms with van der Waals surface area (Å²) in [6.45, 7) is 3.67. The first kappa shape index (κ1) is 17.2. The molecular weight excluding hydrogens is 320 g/mol. The third-order valence-corrected chi connectivity index (χ3v) is 6.69. The second-order valence-corrected chi connectivity index (χ2v) is 8.07. The number of carbonyl (C=O) groups excluding carboxylic acids is 1. The van der Waals surface area contributed by atoms with Crippen molar-refractivity contribution >= 4 is 22.2 Å². The van der Waals surface area contributed by atoms with Crippen LogP contribution in [0.4, 0.5) is 5.00 Å². The quantitative estimate of drug-likeness (QED) is 0.877. The van der Waals surface area contributed by atoms with Crippen molar-refractivity contribution in [2.75, 3.05) is 32.5 Å². The van der Waals surface area contributed by atoms with Crippen LogP contribution in [0.2, 0.25) is 0 Å². The zero-order valence-corrected chi connectivity index (χ0v) is 15.5. The standard InChI is InChI=1S/C18H26N4OS/c1-4-5-21-17(23)12-6-11-7-13-14(9-19)18(20-2)24-16(13)8-15(11)22(3)10-12/h11-12,15,20H,4-8,10H2,1-3H3,(H,21,23)/t11-,12-,15-/m1/s1. The van der Waals surface area contributed by atoms with Crippen molar-refractivity contribution in [3.05, 3.63) is 16.0 Å². The summed E-state index contributed by atoms with van der Waals surface area (Å²) in [4.78, 5) is 16.1. The Labute approximate surface area is 148 Å². The number of likely N-dealkylation sites (N-methyl/N-ethyl adjacent to an activating group) is 1. The molecule has 130 valence electrons. The van der Waals surface area contributed by atoms with Gasteiger partial charge in [-0.2, -0.15) is 5.26 Å². The maximum Gasteiger partial charge on any atom is 0.224 e. The number of thiophene rings is 1. The van der Waals surface area contributed by atoms with Crippen LogP contribution in [0.1, 0.15) is 35.8 Å². The van der Waals surface area contributed by atoms with E-state index < -0.39 is 0 Å². The van der Waals surface area contributed by atoms with Crippen molar-refractivity contribution in [1.82, 2.24) is 10.2 Å². The zero-order chi connectivity index (χ0) is 17.3. The number of rotatable bonds is 4. The molecule has 0 aromatic carbocycles. The van der Waals surface area contributed by atoms with Crippen LogP contribution in [0.3, 0.4) is 0 Å². The monoisotopic (exact) mass is 346 g/mol. The van der Waals surface area contributed by atoms with Crippen LogP contribution in [0.5, 0.6) is 0 Å². The molecule has 24 heavy (non-hydrogen) atoms. The Balaban J connectivity index is 1.80. The number of amides is 1. The van der Waals surface area contributed by atoms with E-state index >= 15 is 0 Å². The summed E-state index contributed by atoms with van der Waals surface area (Å²) in [7, 11) is 4.02. The van der Waals surface area contributed by atoms with E-state index in [0.717, 1.165) is 49.3 Å². The highest BCUT2D eigenvalue weighted by Crippen LogP contribution is 2.43. The van der Waals surface area contributed by atoms with Gasteiger partial charge in [-0.15, -0.1) is 11.3 Å². The third-order valence-electron chi connectivity index (χ3n) is 5.42. The lowest BCUT2D eigenvalue weighted by Crippen LogP contribution is -2.53. The molecule has 5 nitrogen and oxygen atoms in total. The van der Waals surface area contributed by atoms with E-state index in [-0.39, 0.29) is 11.8 Å². The van der Waals surface area contributed by atoms with Gasteiger partial charge in [-0.05, 0) is 44.2 Å². The SMILES string of the molecule is CCCNC(=O)[C@@H]1C[C@@H]2Cc3c(sc(NC)c3C#N)C[C@H]2N(C)C1. The van der Waals surface area contributed by atoms with Crippen LogP contribution in [-0.2, 0) is 17.6 Å². The molecule has 1 amide bonds. The van der Waals surface area contributed by atoms with E-state index in [1.54, 1.807) is 11.3 Å². The van der Waals surface area contributed by atoms with Crippen molar-refractivity contribution in [3.63, 3.8) is 0 Å². The van der Waals surface area contributed by atoms with Gasteiger partial charge in [-0.1, -0.05) is 6.92 Å². The molecule has 1 aliphatic carbocycles. The van der Waals surface area contributed by atoms with Gasteiger partial charge in [-0.3, -0.25) is 4.79 Å². The molecular formula is C18H26N4OS. The minimum Gasteiger partial charge on any atom is -0.379 e. The predicted octanol–water partition coefficient (Wildman–Crippen LogP) is 2.22. The van der Waals surface area contributed by atoms with E-state index in [0.29, 0.717) is 12.0 Å². The number of piperidine rings is 1.